The Labute approximate surface area is 128 Å². The molecule has 2 rings (SSSR count). The molecular formula is C18H28N2O. The minimum Gasteiger partial charge on any atom is -0.350 e. The van der Waals surface area contributed by atoms with Crippen LogP contribution in [0.25, 0.3) is 0 Å². The number of hydrogen-bond acceptors (Lipinski definition) is 2. The van der Waals surface area contributed by atoms with Crippen LogP contribution in [0.2, 0.25) is 0 Å². The first kappa shape index (κ1) is 16.0. The van der Waals surface area contributed by atoms with Crippen molar-refractivity contribution in [3.63, 3.8) is 0 Å². The molecule has 1 aromatic rings. The fourth-order valence-corrected chi connectivity index (χ4v) is 3.43. The first-order valence-electron chi connectivity index (χ1n) is 7.78. The van der Waals surface area contributed by atoms with Crippen molar-refractivity contribution in [1.82, 2.24) is 10.6 Å². The van der Waals surface area contributed by atoms with Crippen molar-refractivity contribution in [3.8, 4) is 0 Å². The van der Waals surface area contributed by atoms with E-state index >= 15 is 0 Å². The number of amides is 1. The number of fused-ring (bicyclic) bond motifs is 1. The maximum Gasteiger partial charge on any atom is 0.237 e. The van der Waals surface area contributed by atoms with Gasteiger partial charge in [-0.3, -0.25) is 4.79 Å². The van der Waals surface area contributed by atoms with Crippen LogP contribution in [0.5, 0.6) is 0 Å². The topological polar surface area (TPSA) is 41.1 Å². The number of nitrogens with one attached hydrogen (secondary N) is 2. The summed E-state index contributed by atoms with van der Waals surface area (Å²) in [6.45, 7) is 11.6. The molecule has 0 saturated carbocycles. The molecule has 0 aromatic heterocycles. The molecule has 2 N–H and O–H groups in total. The fourth-order valence-electron chi connectivity index (χ4n) is 3.43. The summed E-state index contributed by atoms with van der Waals surface area (Å²) in [6.07, 6.45) is 1.72. The number of benzene rings is 1. The van der Waals surface area contributed by atoms with Gasteiger partial charge in [-0.2, -0.15) is 0 Å². The second kappa shape index (κ2) is 5.80. The monoisotopic (exact) mass is 288 g/mol. The predicted molar refractivity (Wildman–Crippen MR) is 87.1 cm³/mol. The molecule has 1 amide bonds. The third-order valence-electron chi connectivity index (χ3n) is 3.83. The van der Waals surface area contributed by atoms with Gasteiger partial charge in [-0.15, -0.1) is 0 Å². The van der Waals surface area contributed by atoms with Crippen molar-refractivity contribution in [2.75, 3.05) is 0 Å². The second-order valence-corrected chi connectivity index (χ2v) is 8.02. The highest BCUT2D eigenvalue weighted by molar-refractivity contribution is 5.83. The van der Waals surface area contributed by atoms with E-state index in [0.717, 1.165) is 19.4 Å². The van der Waals surface area contributed by atoms with Gasteiger partial charge in [0.1, 0.15) is 0 Å². The number of carbonyl (C=O) groups excluding carboxylic acids is 1. The summed E-state index contributed by atoms with van der Waals surface area (Å²) in [5.74, 6) is 0.110. The molecule has 21 heavy (non-hydrogen) atoms. The number of hydrogen-bond donors (Lipinski definition) is 2. The molecule has 1 aromatic carbocycles. The zero-order valence-electron chi connectivity index (χ0n) is 13.9. The third kappa shape index (κ3) is 4.57. The molecule has 1 heterocycles. The highest BCUT2D eigenvalue weighted by Crippen LogP contribution is 2.27. The summed E-state index contributed by atoms with van der Waals surface area (Å²) in [7, 11) is 0. The van der Waals surface area contributed by atoms with Crippen molar-refractivity contribution < 1.29 is 4.79 Å². The molecule has 1 aliphatic rings. The third-order valence-corrected chi connectivity index (χ3v) is 3.83. The van der Waals surface area contributed by atoms with Crippen LogP contribution < -0.4 is 10.6 Å². The Balaban J connectivity index is 1.99. The van der Waals surface area contributed by atoms with Crippen molar-refractivity contribution in [3.05, 3.63) is 35.4 Å². The molecule has 0 bridgehead atoms. The zero-order chi connectivity index (χ0) is 15.7. The van der Waals surface area contributed by atoms with Crippen LogP contribution in [-0.2, 0) is 17.8 Å². The van der Waals surface area contributed by atoms with Gasteiger partial charge in [0.15, 0.2) is 0 Å². The quantitative estimate of drug-likeness (QED) is 0.897. The van der Waals surface area contributed by atoms with Crippen LogP contribution in [0.1, 0.15) is 52.2 Å². The minimum atomic E-state index is -0.187. The molecule has 0 aliphatic carbocycles. The van der Waals surface area contributed by atoms with Crippen LogP contribution in [0.4, 0.5) is 0 Å². The Kier molecular flexibility index (Phi) is 4.43. The van der Waals surface area contributed by atoms with Crippen LogP contribution >= 0.6 is 0 Å². The first-order valence-corrected chi connectivity index (χ1v) is 7.78. The lowest BCUT2D eigenvalue weighted by atomic mass is 9.81. The summed E-state index contributed by atoms with van der Waals surface area (Å²) in [6, 6.07) is 8.21. The molecule has 1 aliphatic heterocycles. The molecule has 0 saturated heterocycles. The van der Waals surface area contributed by atoms with Gasteiger partial charge in [0.25, 0.3) is 0 Å². The molecule has 0 radical (unpaired) electrons. The molecule has 3 nitrogen and oxygen atoms in total. The Hall–Kier alpha value is -1.35. The SMILES string of the molecule is CC(C)(C)CC(C)(C)NC(=O)[C@@H]1Cc2ccccc2CN1. The zero-order valence-corrected chi connectivity index (χ0v) is 13.9. The van der Waals surface area contributed by atoms with Gasteiger partial charge in [-0.05, 0) is 43.2 Å². The second-order valence-electron chi connectivity index (χ2n) is 8.02. The lowest BCUT2D eigenvalue weighted by Gasteiger charge is -2.35. The predicted octanol–water partition coefficient (Wildman–Crippen LogP) is 3.03. The Morgan fingerprint density at radius 2 is 1.81 bits per heavy atom. The van der Waals surface area contributed by atoms with E-state index in [1.54, 1.807) is 0 Å². The van der Waals surface area contributed by atoms with Gasteiger partial charge in [-0.1, -0.05) is 45.0 Å². The highest BCUT2D eigenvalue weighted by atomic mass is 16.2. The Morgan fingerprint density at radius 3 is 2.43 bits per heavy atom. The van der Waals surface area contributed by atoms with E-state index in [4.69, 9.17) is 0 Å². The Bertz CT molecular complexity index is 514. The number of carbonyl (C=O) groups is 1. The van der Waals surface area contributed by atoms with E-state index in [0.29, 0.717) is 0 Å². The summed E-state index contributed by atoms with van der Waals surface area (Å²) in [4.78, 5) is 12.5. The summed E-state index contributed by atoms with van der Waals surface area (Å²) in [5.41, 5.74) is 2.60. The van der Waals surface area contributed by atoms with Crippen molar-refractivity contribution in [2.45, 2.75) is 65.6 Å². The van der Waals surface area contributed by atoms with Gasteiger partial charge >= 0.3 is 0 Å². The van der Waals surface area contributed by atoms with Gasteiger partial charge in [0.05, 0.1) is 6.04 Å². The van der Waals surface area contributed by atoms with E-state index < -0.39 is 0 Å². The average Bonchev–Trinajstić information content (AvgIpc) is 2.34. The summed E-state index contributed by atoms with van der Waals surface area (Å²) < 4.78 is 0. The van der Waals surface area contributed by atoms with Gasteiger partial charge < -0.3 is 10.6 Å². The van der Waals surface area contributed by atoms with E-state index in [9.17, 15) is 4.79 Å². The van der Waals surface area contributed by atoms with Crippen LogP contribution in [0.15, 0.2) is 24.3 Å². The molecule has 0 unspecified atom stereocenters. The first-order chi connectivity index (χ1) is 9.66. The molecule has 116 valence electrons. The van der Waals surface area contributed by atoms with E-state index in [1.807, 2.05) is 12.1 Å². The fraction of sp³-hybridized carbons (Fsp3) is 0.611. The molecular weight excluding hydrogens is 260 g/mol. The summed E-state index contributed by atoms with van der Waals surface area (Å²) in [5, 5.41) is 6.56. The standard InChI is InChI=1S/C18H28N2O/c1-17(2,3)12-18(4,5)20-16(21)15-10-13-8-6-7-9-14(13)11-19-15/h6-9,15,19H,10-12H2,1-5H3,(H,20,21)/t15-/m0/s1. The van der Waals surface area contributed by atoms with Crippen molar-refractivity contribution in [1.29, 1.82) is 0 Å². The molecule has 0 fully saturated rings. The van der Waals surface area contributed by atoms with Crippen molar-refractivity contribution >= 4 is 5.91 Å². The van der Waals surface area contributed by atoms with Gasteiger partial charge in [0.2, 0.25) is 5.91 Å². The molecule has 3 heteroatoms. The van der Waals surface area contributed by atoms with E-state index in [-0.39, 0.29) is 22.9 Å². The van der Waals surface area contributed by atoms with Gasteiger partial charge in [0, 0.05) is 12.1 Å². The highest BCUT2D eigenvalue weighted by Gasteiger charge is 2.31. The van der Waals surface area contributed by atoms with E-state index in [2.05, 4.69) is 57.4 Å². The molecule has 1 atom stereocenters. The van der Waals surface area contributed by atoms with Crippen LogP contribution in [0.3, 0.4) is 0 Å². The Morgan fingerprint density at radius 1 is 1.19 bits per heavy atom. The van der Waals surface area contributed by atoms with E-state index in [1.165, 1.54) is 11.1 Å². The molecule has 0 spiro atoms. The normalized spacial score (nSPS) is 19.0. The lowest BCUT2D eigenvalue weighted by molar-refractivity contribution is -0.125. The maximum atomic E-state index is 12.5. The van der Waals surface area contributed by atoms with Crippen molar-refractivity contribution in [2.24, 2.45) is 5.41 Å². The smallest absolute Gasteiger partial charge is 0.237 e. The number of rotatable bonds is 3. The summed E-state index contributed by atoms with van der Waals surface area (Å²) >= 11 is 0. The van der Waals surface area contributed by atoms with Crippen LogP contribution in [-0.4, -0.2) is 17.5 Å². The largest absolute Gasteiger partial charge is 0.350 e. The van der Waals surface area contributed by atoms with Gasteiger partial charge in [-0.25, -0.2) is 0 Å². The lowest BCUT2D eigenvalue weighted by Crippen LogP contribution is -2.54. The maximum absolute atomic E-state index is 12.5. The average molecular weight is 288 g/mol. The van der Waals surface area contributed by atoms with Crippen LogP contribution in [0, 0.1) is 5.41 Å². The minimum absolute atomic E-state index is 0.110.